The predicted molar refractivity (Wildman–Crippen MR) is 48.3 cm³/mol. The van der Waals surface area contributed by atoms with Gasteiger partial charge in [0.05, 0.1) is 5.92 Å². The van der Waals surface area contributed by atoms with Crippen LogP contribution in [0.5, 0.6) is 0 Å². The van der Waals surface area contributed by atoms with Gasteiger partial charge < -0.3 is 5.11 Å². The summed E-state index contributed by atoms with van der Waals surface area (Å²) in [5.74, 6) is -1.34. The average molecular weight is 184 g/mol. The number of ketones is 1. The van der Waals surface area contributed by atoms with Crippen LogP contribution in [0.4, 0.5) is 0 Å². The normalized spacial score (nSPS) is 25.2. The number of rotatable bonds is 3. The summed E-state index contributed by atoms with van der Waals surface area (Å²) in [7, 11) is 0. The zero-order valence-corrected chi connectivity index (χ0v) is 8.12. The van der Waals surface area contributed by atoms with Gasteiger partial charge in [0.25, 0.3) is 0 Å². The summed E-state index contributed by atoms with van der Waals surface area (Å²) < 4.78 is 0. The Morgan fingerprint density at radius 1 is 1.54 bits per heavy atom. The van der Waals surface area contributed by atoms with E-state index in [4.69, 9.17) is 5.11 Å². The topological polar surface area (TPSA) is 54.4 Å². The summed E-state index contributed by atoms with van der Waals surface area (Å²) in [6, 6.07) is 0. The molecule has 1 fully saturated rings. The first-order chi connectivity index (χ1) is 6.04. The van der Waals surface area contributed by atoms with Gasteiger partial charge in [0.15, 0.2) is 0 Å². The fraction of sp³-hybridized carbons (Fsp3) is 0.800. The zero-order valence-electron chi connectivity index (χ0n) is 8.12. The molecule has 0 saturated heterocycles. The predicted octanol–water partition coefficient (Wildman–Crippen LogP) is 1.71. The number of carboxylic acids is 1. The second-order valence-corrected chi connectivity index (χ2v) is 4.07. The van der Waals surface area contributed by atoms with Crippen molar-refractivity contribution in [1.29, 1.82) is 0 Å². The van der Waals surface area contributed by atoms with Gasteiger partial charge in [0.2, 0.25) is 0 Å². The van der Waals surface area contributed by atoms with Crippen molar-refractivity contribution in [3.63, 3.8) is 0 Å². The van der Waals surface area contributed by atoms with Gasteiger partial charge in [-0.1, -0.05) is 13.8 Å². The van der Waals surface area contributed by atoms with Gasteiger partial charge >= 0.3 is 5.97 Å². The Morgan fingerprint density at radius 3 is 2.46 bits per heavy atom. The SMILES string of the molecule is CC(C)C(C(=O)O)C1CCCC1=O. The maximum atomic E-state index is 11.4. The van der Waals surface area contributed by atoms with E-state index in [-0.39, 0.29) is 17.6 Å². The van der Waals surface area contributed by atoms with Gasteiger partial charge in [-0.2, -0.15) is 0 Å². The third-order valence-corrected chi connectivity index (χ3v) is 2.79. The number of carbonyl (C=O) groups excluding carboxylic acids is 1. The Labute approximate surface area is 78.1 Å². The highest BCUT2D eigenvalue weighted by molar-refractivity contribution is 5.87. The minimum absolute atomic E-state index is 0.0459. The van der Waals surface area contributed by atoms with Gasteiger partial charge in [-0.25, -0.2) is 0 Å². The molecule has 0 heterocycles. The molecule has 2 unspecified atom stereocenters. The number of Topliss-reactive ketones (excluding diaryl/α,β-unsaturated/α-hetero) is 1. The van der Waals surface area contributed by atoms with Gasteiger partial charge in [0, 0.05) is 12.3 Å². The van der Waals surface area contributed by atoms with Crippen LogP contribution in [0.2, 0.25) is 0 Å². The summed E-state index contributed by atoms with van der Waals surface area (Å²) >= 11 is 0. The van der Waals surface area contributed by atoms with Gasteiger partial charge in [-0.05, 0) is 18.8 Å². The van der Waals surface area contributed by atoms with Gasteiger partial charge in [0.1, 0.15) is 5.78 Å². The summed E-state index contributed by atoms with van der Waals surface area (Å²) in [6.45, 7) is 3.73. The number of aliphatic carboxylic acids is 1. The Kier molecular flexibility index (Phi) is 3.07. The lowest BCUT2D eigenvalue weighted by atomic mass is 9.82. The third-order valence-electron chi connectivity index (χ3n) is 2.79. The van der Waals surface area contributed by atoms with E-state index in [0.717, 1.165) is 12.8 Å². The van der Waals surface area contributed by atoms with E-state index in [1.54, 1.807) is 0 Å². The molecular formula is C10H16O3. The van der Waals surface area contributed by atoms with Crippen molar-refractivity contribution in [3.05, 3.63) is 0 Å². The molecule has 3 nitrogen and oxygen atoms in total. The molecule has 0 radical (unpaired) electrons. The quantitative estimate of drug-likeness (QED) is 0.726. The molecule has 1 saturated carbocycles. The average Bonchev–Trinajstić information content (AvgIpc) is 2.35. The highest BCUT2D eigenvalue weighted by Crippen LogP contribution is 2.32. The van der Waals surface area contributed by atoms with E-state index >= 15 is 0 Å². The van der Waals surface area contributed by atoms with E-state index in [1.165, 1.54) is 0 Å². The van der Waals surface area contributed by atoms with Crippen LogP contribution in [0, 0.1) is 17.8 Å². The second-order valence-electron chi connectivity index (χ2n) is 4.07. The number of carbonyl (C=O) groups is 2. The first-order valence-electron chi connectivity index (χ1n) is 4.79. The lowest BCUT2D eigenvalue weighted by Crippen LogP contribution is -2.30. The van der Waals surface area contributed by atoms with Crippen LogP contribution >= 0.6 is 0 Å². The van der Waals surface area contributed by atoms with Crippen LogP contribution in [0.3, 0.4) is 0 Å². The molecule has 1 N–H and O–H groups in total. The maximum absolute atomic E-state index is 11.4. The number of carboxylic acid groups (broad SMARTS) is 1. The molecule has 0 aliphatic heterocycles. The fourth-order valence-electron chi connectivity index (χ4n) is 2.14. The minimum atomic E-state index is -0.824. The summed E-state index contributed by atoms with van der Waals surface area (Å²) in [5, 5.41) is 8.97. The van der Waals surface area contributed by atoms with Crippen LogP contribution in [-0.2, 0) is 9.59 Å². The molecule has 1 aliphatic carbocycles. The molecule has 0 aromatic carbocycles. The van der Waals surface area contributed by atoms with E-state index in [9.17, 15) is 9.59 Å². The standard InChI is InChI=1S/C10H16O3/c1-6(2)9(10(12)13)7-4-3-5-8(7)11/h6-7,9H,3-5H2,1-2H3,(H,12,13). The van der Waals surface area contributed by atoms with Crippen LogP contribution in [0.15, 0.2) is 0 Å². The second kappa shape index (κ2) is 3.90. The van der Waals surface area contributed by atoms with Crippen molar-refractivity contribution < 1.29 is 14.7 Å². The van der Waals surface area contributed by atoms with E-state index in [2.05, 4.69) is 0 Å². The molecule has 1 rings (SSSR count). The van der Waals surface area contributed by atoms with Gasteiger partial charge in [-0.3, -0.25) is 9.59 Å². The molecule has 0 aromatic rings. The number of hydrogen-bond donors (Lipinski definition) is 1. The minimum Gasteiger partial charge on any atom is -0.481 e. The smallest absolute Gasteiger partial charge is 0.307 e. The molecule has 13 heavy (non-hydrogen) atoms. The molecular weight excluding hydrogens is 168 g/mol. The van der Waals surface area contributed by atoms with E-state index in [0.29, 0.717) is 6.42 Å². The maximum Gasteiger partial charge on any atom is 0.307 e. The molecule has 0 amide bonds. The first kappa shape index (κ1) is 10.2. The largest absolute Gasteiger partial charge is 0.481 e. The van der Waals surface area contributed by atoms with Crippen LogP contribution in [-0.4, -0.2) is 16.9 Å². The zero-order chi connectivity index (χ0) is 10.0. The van der Waals surface area contributed by atoms with Crippen LogP contribution in [0.25, 0.3) is 0 Å². The fourth-order valence-corrected chi connectivity index (χ4v) is 2.14. The first-order valence-corrected chi connectivity index (χ1v) is 4.79. The number of hydrogen-bond acceptors (Lipinski definition) is 2. The summed E-state index contributed by atoms with van der Waals surface area (Å²) in [5.41, 5.74) is 0. The van der Waals surface area contributed by atoms with Crippen molar-refractivity contribution in [1.82, 2.24) is 0 Å². The van der Waals surface area contributed by atoms with Gasteiger partial charge in [-0.15, -0.1) is 0 Å². The molecule has 0 aromatic heterocycles. The van der Waals surface area contributed by atoms with Crippen molar-refractivity contribution >= 4 is 11.8 Å². The third kappa shape index (κ3) is 2.08. The van der Waals surface area contributed by atoms with Crippen molar-refractivity contribution in [3.8, 4) is 0 Å². The highest BCUT2D eigenvalue weighted by Gasteiger charge is 2.37. The van der Waals surface area contributed by atoms with Crippen molar-refractivity contribution in [2.45, 2.75) is 33.1 Å². The Bertz CT molecular complexity index is 220. The lowest BCUT2D eigenvalue weighted by Gasteiger charge is -2.21. The summed E-state index contributed by atoms with van der Waals surface area (Å²) in [6.07, 6.45) is 2.19. The molecule has 2 atom stereocenters. The molecule has 1 aliphatic rings. The molecule has 0 bridgehead atoms. The van der Waals surface area contributed by atoms with Crippen LogP contribution in [0.1, 0.15) is 33.1 Å². The Morgan fingerprint density at radius 2 is 2.15 bits per heavy atom. The molecule has 0 spiro atoms. The molecule has 3 heteroatoms. The Hall–Kier alpha value is -0.860. The van der Waals surface area contributed by atoms with Crippen LogP contribution < -0.4 is 0 Å². The van der Waals surface area contributed by atoms with E-state index < -0.39 is 11.9 Å². The van der Waals surface area contributed by atoms with Crippen molar-refractivity contribution in [2.75, 3.05) is 0 Å². The highest BCUT2D eigenvalue weighted by atomic mass is 16.4. The Balaban J connectivity index is 2.75. The van der Waals surface area contributed by atoms with Crippen molar-refractivity contribution in [2.24, 2.45) is 17.8 Å². The lowest BCUT2D eigenvalue weighted by molar-refractivity contribution is -0.148. The monoisotopic (exact) mass is 184 g/mol. The molecule has 74 valence electrons. The van der Waals surface area contributed by atoms with E-state index in [1.807, 2.05) is 13.8 Å². The summed E-state index contributed by atoms with van der Waals surface area (Å²) in [4.78, 5) is 22.3.